The molecule has 2 rings (SSSR count). The van der Waals surface area contributed by atoms with E-state index < -0.39 is 41.4 Å². The second-order valence-electron chi connectivity index (χ2n) is 7.51. The van der Waals surface area contributed by atoms with Gasteiger partial charge in [0.15, 0.2) is 17.0 Å². The quantitative estimate of drug-likeness (QED) is 0.251. The van der Waals surface area contributed by atoms with E-state index in [0.717, 1.165) is 24.5 Å². The highest BCUT2D eigenvalue weighted by Gasteiger charge is 2.57. The van der Waals surface area contributed by atoms with Crippen molar-refractivity contribution in [2.75, 3.05) is 0 Å². The van der Waals surface area contributed by atoms with E-state index in [1.165, 1.54) is 6.07 Å². The smallest absolute Gasteiger partial charge is 0.404 e. The van der Waals surface area contributed by atoms with Crippen molar-refractivity contribution in [2.45, 2.75) is 59.1 Å². The van der Waals surface area contributed by atoms with Crippen LogP contribution in [0.15, 0.2) is 36.4 Å². The third-order valence-corrected chi connectivity index (χ3v) is 5.16. The molecule has 0 heterocycles. The predicted octanol–water partition coefficient (Wildman–Crippen LogP) is 7.25. The number of carbonyl (C=O) groups is 1. The molecule has 7 heteroatoms. The number of carbonyl (C=O) groups excluding carboxylic acids is 1. The van der Waals surface area contributed by atoms with Crippen LogP contribution in [0, 0.1) is 17.0 Å². The van der Waals surface area contributed by atoms with E-state index in [1.54, 1.807) is 31.2 Å². The SMILES string of the molecule is CCCCC(C)(C(=O)Oc1ccc(-c2ccc(CCC)cc2)c(F)c1F)C(F)(F)F. The Morgan fingerprint density at radius 3 is 2.10 bits per heavy atom. The minimum atomic E-state index is -4.88. The van der Waals surface area contributed by atoms with Gasteiger partial charge < -0.3 is 4.74 Å². The van der Waals surface area contributed by atoms with Crippen molar-refractivity contribution in [3.63, 3.8) is 0 Å². The van der Waals surface area contributed by atoms with Gasteiger partial charge in [-0.2, -0.15) is 17.6 Å². The number of halogens is 5. The first-order valence-corrected chi connectivity index (χ1v) is 9.91. The number of hydrogen-bond donors (Lipinski definition) is 0. The van der Waals surface area contributed by atoms with E-state index in [0.29, 0.717) is 18.9 Å². The van der Waals surface area contributed by atoms with Crippen LogP contribution < -0.4 is 4.74 Å². The fourth-order valence-electron chi connectivity index (χ4n) is 3.08. The lowest BCUT2D eigenvalue weighted by Gasteiger charge is -2.29. The zero-order valence-corrected chi connectivity index (χ0v) is 17.2. The molecule has 30 heavy (non-hydrogen) atoms. The Morgan fingerprint density at radius 1 is 0.933 bits per heavy atom. The Hall–Kier alpha value is -2.44. The van der Waals surface area contributed by atoms with Gasteiger partial charge in [-0.1, -0.05) is 57.4 Å². The van der Waals surface area contributed by atoms with Gasteiger partial charge in [0.25, 0.3) is 0 Å². The van der Waals surface area contributed by atoms with Crippen molar-refractivity contribution < 1.29 is 31.5 Å². The van der Waals surface area contributed by atoms with Crippen LogP contribution in [0.2, 0.25) is 0 Å². The zero-order chi connectivity index (χ0) is 22.5. The number of alkyl halides is 3. The third-order valence-electron chi connectivity index (χ3n) is 5.16. The van der Waals surface area contributed by atoms with E-state index in [-0.39, 0.29) is 12.0 Å². The molecule has 2 aromatic rings. The number of esters is 1. The molecule has 0 saturated carbocycles. The Labute approximate surface area is 173 Å². The molecule has 0 fully saturated rings. The molecule has 2 nitrogen and oxygen atoms in total. The summed E-state index contributed by atoms with van der Waals surface area (Å²) in [6, 6.07) is 9.04. The summed E-state index contributed by atoms with van der Waals surface area (Å²) in [5.74, 6) is -5.31. The van der Waals surface area contributed by atoms with Crippen LogP contribution in [0.4, 0.5) is 22.0 Å². The van der Waals surface area contributed by atoms with Gasteiger partial charge in [0.05, 0.1) is 0 Å². The average Bonchev–Trinajstić information content (AvgIpc) is 2.70. The van der Waals surface area contributed by atoms with Crippen molar-refractivity contribution in [2.24, 2.45) is 5.41 Å². The van der Waals surface area contributed by atoms with E-state index in [2.05, 4.69) is 4.74 Å². The van der Waals surface area contributed by atoms with Crippen LogP contribution in [0.3, 0.4) is 0 Å². The van der Waals surface area contributed by atoms with Gasteiger partial charge in [-0.25, -0.2) is 4.39 Å². The van der Waals surface area contributed by atoms with Crippen LogP contribution in [0.25, 0.3) is 11.1 Å². The van der Waals surface area contributed by atoms with Crippen LogP contribution in [-0.2, 0) is 11.2 Å². The first kappa shape index (κ1) is 23.8. The fourth-order valence-corrected chi connectivity index (χ4v) is 3.08. The largest absolute Gasteiger partial charge is 0.423 e. The molecular weight excluding hydrogens is 403 g/mol. The molecule has 0 radical (unpaired) electrons. The minimum absolute atomic E-state index is 0.0695. The van der Waals surface area contributed by atoms with Gasteiger partial charge in [0, 0.05) is 5.56 Å². The molecule has 164 valence electrons. The lowest BCUT2D eigenvalue weighted by atomic mass is 9.84. The zero-order valence-electron chi connectivity index (χ0n) is 17.2. The van der Waals surface area contributed by atoms with Crippen LogP contribution in [0.1, 0.15) is 52.0 Å². The van der Waals surface area contributed by atoms with Crippen molar-refractivity contribution in [1.82, 2.24) is 0 Å². The van der Waals surface area contributed by atoms with Gasteiger partial charge in [0.1, 0.15) is 0 Å². The molecule has 0 aliphatic carbocycles. The summed E-state index contributed by atoms with van der Waals surface area (Å²) in [6.45, 7) is 4.42. The van der Waals surface area contributed by atoms with E-state index in [1.807, 2.05) is 6.92 Å². The molecule has 0 spiro atoms. The second-order valence-corrected chi connectivity index (χ2v) is 7.51. The Bertz CT molecular complexity index is 874. The molecule has 2 aromatic carbocycles. The van der Waals surface area contributed by atoms with Gasteiger partial charge in [-0.05, 0) is 43.0 Å². The minimum Gasteiger partial charge on any atom is -0.423 e. The van der Waals surface area contributed by atoms with Crippen LogP contribution in [-0.4, -0.2) is 12.1 Å². The van der Waals surface area contributed by atoms with Crippen molar-refractivity contribution >= 4 is 5.97 Å². The number of unbranched alkanes of at least 4 members (excludes halogenated alkanes) is 1. The van der Waals surface area contributed by atoms with Crippen molar-refractivity contribution in [3.05, 3.63) is 53.6 Å². The molecule has 0 aliphatic rings. The maximum absolute atomic E-state index is 14.6. The molecule has 0 saturated heterocycles. The average molecular weight is 428 g/mol. The topological polar surface area (TPSA) is 26.3 Å². The number of aryl methyl sites for hydroxylation is 1. The van der Waals surface area contributed by atoms with Gasteiger partial charge >= 0.3 is 12.1 Å². The van der Waals surface area contributed by atoms with Crippen LogP contribution >= 0.6 is 0 Å². The predicted molar refractivity (Wildman–Crippen MR) is 105 cm³/mol. The molecule has 1 unspecified atom stereocenters. The van der Waals surface area contributed by atoms with Gasteiger partial charge in [0.2, 0.25) is 5.82 Å². The summed E-state index contributed by atoms with van der Waals surface area (Å²) < 4.78 is 74.2. The standard InChI is InChI=1S/C23H25F5O2/c1-4-6-14-22(3,23(26,27)28)21(29)30-18-13-12-17(19(24)20(18)25)16-10-8-15(7-5-2)9-11-16/h8-13H,4-7,14H2,1-3H3. The van der Waals surface area contributed by atoms with Crippen molar-refractivity contribution in [3.8, 4) is 16.9 Å². The Kier molecular flexibility index (Phi) is 7.61. The monoisotopic (exact) mass is 428 g/mol. The number of benzene rings is 2. The lowest BCUT2D eigenvalue weighted by molar-refractivity contribution is -0.227. The molecule has 0 amide bonds. The summed E-state index contributed by atoms with van der Waals surface area (Å²) in [6.07, 6.45) is -3.02. The Balaban J connectivity index is 2.31. The maximum Gasteiger partial charge on any atom is 0.404 e. The molecule has 1 atom stereocenters. The number of ether oxygens (including phenoxy) is 1. The highest BCUT2D eigenvalue weighted by atomic mass is 19.4. The van der Waals surface area contributed by atoms with E-state index in [4.69, 9.17) is 0 Å². The highest BCUT2D eigenvalue weighted by Crippen LogP contribution is 2.43. The summed E-state index contributed by atoms with van der Waals surface area (Å²) in [4.78, 5) is 12.3. The first-order valence-electron chi connectivity index (χ1n) is 9.91. The Morgan fingerprint density at radius 2 is 1.57 bits per heavy atom. The summed E-state index contributed by atoms with van der Waals surface area (Å²) in [7, 11) is 0. The first-order chi connectivity index (χ1) is 14.0. The van der Waals surface area contributed by atoms with Crippen LogP contribution in [0.5, 0.6) is 5.75 Å². The van der Waals surface area contributed by atoms with Crippen molar-refractivity contribution in [1.29, 1.82) is 0 Å². The lowest BCUT2D eigenvalue weighted by Crippen LogP contribution is -2.45. The maximum atomic E-state index is 14.6. The number of rotatable bonds is 8. The second kappa shape index (κ2) is 9.58. The molecule has 0 N–H and O–H groups in total. The molecular formula is C23H25F5O2. The molecule has 0 aliphatic heterocycles. The fraction of sp³-hybridized carbons (Fsp3) is 0.435. The molecule has 0 bridgehead atoms. The van der Waals surface area contributed by atoms with E-state index in [9.17, 15) is 26.7 Å². The summed E-state index contributed by atoms with van der Waals surface area (Å²) >= 11 is 0. The van der Waals surface area contributed by atoms with E-state index >= 15 is 0 Å². The normalized spacial score (nSPS) is 13.7. The summed E-state index contributed by atoms with van der Waals surface area (Å²) in [5.41, 5.74) is -1.42. The highest BCUT2D eigenvalue weighted by molar-refractivity contribution is 5.80. The third kappa shape index (κ3) is 4.99. The van der Waals surface area contributed by atoms with Gasteiger partial charge in [-0.3, -0.25) is 4.79 Å². The molecule has 0 aromatic heterocycles. The number of hydrogen-bond acceptors (Lipinski definition) is 2. The summed E-state index contributed by atoms with van der Waals surface area (Å²) in [5, 5.41) is 0. The van der Waals surface area contributed by atoms with Gasteiger partial charge in [-0.15, -0.1) is 0 Å².